The van der Waals surface area contributed by atoms with E-state index in [0.717, 1.165) is 5.57 Å². The van der Waals surface area contributed by atoms with Crippen LogP contribution >= 0.6 is 15.9 Å². The fourth-order valence-electron chi connectivity index (χ4n) is 3.32. The maximum atomic E-state index is 12.1. The van der Waals surface area contributed by atoms with Crippen molar-refractivity contribution in [1.29, 1.82) is 0 Å². The molecule has 0 N–H and O–H groups in total. The molecule has 0 fully saturated rings. The number of hydrogen-bond acceptors (Lipinski definition) is 8. The van der Waals surface area contributed by atoms with E-state index in [2.05, 4.69) is 15.9 Å². The van der Waals surface area contributed by atoms with Crippen molar-refractivity contribution in [3.05, 3.63) is 35.4 Å². The number of methoxy groups -OCH3 is 2. The van der Waals surface area contributed by atoms with Crippen molar-refractivity contribution in [2.24, 2.45) is 0 Å². The third kappa shape index (κ3) is 6.79. The molecule has 0 aromatic heterocycles. The number of hydrogen-bond donors (Lipinski definition) is 0. The Morgan fingerprint density at radius 1 is 0.909 bits per heavy atom. The minimum absolute atomic E-state index is 0.165. The molecule has 33 heavy (non-hydrogen) atoms. The Balaban J connectivity index is 2.98. The zero-order chi connectivity index (χ0) is 24.7. The molecule has 0 heterocycles. The molecular weight excluding hydrogens is 496 g/mol. The minimum atomic E-state index is -0.703. The molecule has 0 aliphatic rings. The Hall–Kier alpha value is -2.91. The highest BCUT2D eigenvalue weighted by atomic mass is 79.9. The van der Waals surface area contributed by atoms with Crippen LogP contribution in [0.4, 0.5) is 0 Å². The summed E-state index contributed by atoms with van der Waals surface area (Å²) in [7, 11) is 2.94. The first kappa shape index (κ1) is 26.3. The van der Waals surface area contributed by atoms with Crippen LogP contribution in [0.2, 0.25) is 0 Å². The fourth-order valence-corrected chi connectivity index (χ4v) is 3.45. The highest BCUT2D eigenvalue weighted by Gasteiger charge is 2.27. The Morgan fingerprint density at radius 2 is 1.48 bits per heavy atom. The average Bonchev–Trinajstić information content (AvgIpc) is 2.73. The van der Waals surface area contributed by atoms with Gasteiger partial charge in [0.05, 0.1) is 31.1 Å². The topological polar surface area (TPSA) is 97.4 Å². The first-order valence-electron chi connectivity index (χ1n) is 10.1. The SMILES string of the molecule is COc1ccc(OC)c2c(OC(C)=O)c(C(CC=C(C)C)OCC(=O)Br)cc(OC(C)=O)c12. The van der Waals surface area contributed by atoms with E-state index in [9.17, 15) is 14.4 Å². The molecule has 0 aliphatic carbocycles. The van der Waals surface area contributed by atoms with Crippen LogP contribution in [0.5, 0.6) is 23.0 Å². The van der Waals surface area contributed by atoms with Gasteiger partial charge in [0.2, 0.25) is 4.69 Å². The molecule has 1 atom stereocenters. The molecule has 178 valence electrons. The predicted octanol–water partition coefficient (Wildman–Crippen LogP) is 5.04. The van der Waals surface area contributed by atoms with Gasteiger partial charge in [0.15, 0.2) is 0 Å². The lowest BCUT2D eigenvalue weighted by atomic mass is 9.96. The fraction of sp³-hybridized carbons (Fsp3) is 0.375. The quantitative estimate of drug-likeness (QED) is 0.185. The predicted molar refractivity (Wildman–Crippen MR) is 126 cm³/mol. The van der Waals surface area contributed by atoms with Crippen molar-refractivity contribution in [3.63, 3.8) is 0 Å². The molecule has 8 nitrogen and oxygen atoms in total. The van der Waals surface area contributed by atoms with Gasteiger partial charge in [0.1, 0.15) is 29.6 Å². The number of halogens is 1. The molecule has 0 radical (unpaired) electrons. The van der Waals surface area contributed by atoms with Crippen LogP contribution in [0.1, 0.15) is 45.8 Å². The Kier molecular flexibility index (Phi) is 9.43. The van der Waals surface area contributed by atoms with Crippen LogP contribution in [0, 0.1) is 0 Å². The van der Waals surface area contributed by atoms with Crippen molar-refractivity contribution in [2.75, 3.05) is 20.8 Å². The van der Waals surface area contributed by atoms with Gasteiger partial charge < -0.3 is 23.7 Å². The van der Waals surface area contributed by atoms with Gasteiger partial charge in [-0.15, -0.1) is 0 Å². The largest absolute Gasteiger partial charge is 0.496 e. The van der Waals surface area contributed by atoms with Crippen LogP contribution in [0.25, 0.3) is 10.8 Å². The third-order valence-corrected chi connectivity index (χ3v) is 4.80. The molecule has 0 spiro atoms. The summed E-state index contributed by atoms with van der Waals surface area (Å²) in [6.07, 6.45) is 1.60. The van der Waals surface area contributed by atoms with Gasteiger partial charge in [-0.2, -0.15) is 0 Å². The number of carbonyl (C=O) groups excluding carboxylic acids is 3. The molecule has 0 aliphatic heterocycles. The first-order chi connectivity index (χ1) is 15.6. The maximum Gasteiger partial charge on any atom is 0.308 e. The molecule has 2 aromatic rings. The standard InChI is InChI=1S/C24H27BrO8/c1-13(2)7-8-17(31-12-21(25)28)16-11-20(32-14(3)26)22-18(29-5)9-10-19(30-6)23(22)24(16)33-15(4)27/h7,9-11,17H,8,12H2,1-6H3. The summed E-state index contributed by atoms with van der Waals surface area (Å²) in [5.41, 5.74) is 1.44. The van der Waals surface area contributed by atoms with Gasteiger partial charge in [0, 0.05) is 19.4 Å². The van der Waals surface area contributed by atoms with E-state index in [1.807, 2.05) is 19.9 Å². The van der Waals surface area contributed by atoms with Crippen molar-refractivity contribution in [2.45, 2.75) is 40.2 Å². The zero-order valence-electron chi connectivity index (χ0n) is 19.4. The first-order valence-corrected chi connectivity index (χ1v) is 10.9. The van der Waals surface area contributed by atoms with E-state index in [1.165, 1.54) is 28.1 Å². The van der Waals surface area contributed by atoms with Crippen LogP contribution < -0.4 is 18.9 Å². The number of rotatable bonds is 10. The number of esters is 2. The third-order valence-electron chi connectivity index (χ3n) is 4.58. The molecule has 2 aromatic carbocycles. The lowest BCUT2D eigenvalue weighted by Gasteiger charge is -2.23. The van der Waals surface area contributed by atoms with E-state index >= 15 is 0 Å². The molecule has 0 saturated carbocycles. The van der Waals surface area contributed by atoms with Crippen molar-refractivity contribution < 1.29 is 38.1 Å². The van der Waals surface area contributed by atoms with Gasteiger partial charge in [-0.1, -0.05) is 11.6 Å². The van der Waals surface area contributed by atoms with Crippen molar-refractivity contribution in [1.82, 2.24) is 0 Å². The van der Waals surface area contributed by atoms with Crippen LogP contribution in [0.15, 0.2) is 29.8 Å². The van der Waals surface area contributed by atoms with Gasteiger partial charge >= 0.3 is 11.9 Å². The Morgan fingerprint density at radius 3 is 1.97 bits per heavy atom. The van der Waals surface area contributed by atoms with E-state index < -0.39 is 18.0 Å². The van der Waals surface area contributed by atoms with Gasteiger partial charge in [-0.25, -0.2) is 0 Å². The molecular formula is C24H27BrO8. The van der Waals surface area contributed by atoms with Crippen molar-refractivity contribution in [3.8, 4) is 23.0 Å². The van der Waals surface area contributed by atoms with E-state index in [-0.39, 0.29) is 22.8 Å². The number of allylic oxidation sites excluding steroid dienone is 1. The summed E-state index contributed by atoms with van der Waals surface area (Å²) in [4.78, 5) is 35.6. The second-order valence-corrected chi connectivity index (χ2v) is 8.26. The smallest absolute Gasteiger partial charge is 0.308 e. The van der Waals surface area contributed by atoms with E-state index in [1.54, 1.807) is 18.2 Å². The van der Waals surface area contributed by atoms with E-state index in [0.29, 0.717) is 34.3 Å². The Bertz CT molecular complexity index is 1090. The van der Waals surface area contributed by atoms with Crippen LogP contribution in [-0.2, 0) is 19.1 Å². The second kappa shape index (κ2) is 11.8. The normalized spacial score (nSPS) is 11.5. The number of carbonyl (C=O) groups is 3. The van der Waals surface area contributed by atoms with Gasteiger partial charge in [-0.05, 0) is 54.4 Å². The number of fused-ring (bicyclic) bond motifs is 1. The number of benzene rings is 2. The molecule has 0 bridgehead atoms. The zero-order valence-corrected chi connectivity index (χ0v) is 21.0. The molecule has 2 rings (SSSR count). The summed E-state index contributed by atoms with van der Waals surface area (Å²) in [5, 5.41) is 0.765. The lowest BCUT2D eigenvalue weighted by molar-refractivity contribution is -0.133. The van der Waals surface area contributed by atoms with Crippen LogP contribution in [0.3, 0.4) is 0 Å². The van der Waals surface area contributed by atoms with Gasteiger partial charge in [-0.3, -0.25) is 14.4 Å². The lowest BCUT2D eigenvalue weighted by Crippen LogP contribution is -2.14. The summed E-state index contributed by atoms with van der Waals surface area (Å²) in [6, 6.07) is 4.88. The molecule has 0 amide bonds. The van der Waals surface area contributed by atoms with Crippen LogP contribution in [-0.4, -0.2) is 37.5 Å². The highest BCUT2D eigenvalue weighted by Crippen LogP contribution is 2.49. The Labute approximate surface area is 200 Å². The summed E-state index contributed by atoms with van der Waals surface area (Å²) < 4.78 is 27.7. The van der Waals surface area contributed by atoms with Gasteiger partial charge in [0.25, 0.3) is 0 Å². The van der Waals surface area contributed by atoms with E-state index in [4.69, 9.17) is 23.7 Å². The molecule has 0 saturated heterocycles. The summed E-state index contributed by atoms with van der Waals surface area (Å²) >= 11 is 2.87. The number of ether oxygens (including phenoxy) is 5. The minimum Gasteiger partial charge on any atom is -0.496 e. The highest BCUT2D eigenvalue weighted by molar-refractivity contribution is 9.18. The van der Waals surface area contributed by atoms with Crippen molar-refractivity contribution >= 4 is 43.3 Å². The summed E-state index contributed by atoms with van der Waals surface area (Å²) in [6.45, 7) is 6.18. The molecule has 1 unspecified atom stereocenters. The maximum absolute atomic E-state index is 12.1. The summed E-state index contributed by atoms with van der Waals surface area (Å²) in [5.74, 6) is -0.0207. The molecule has 9 heteroatoms. The monoisotopic (exact) mass is 522 g/mol. The average molecular weight is 523 g/mol. The second-order valence-electron chi connectivity index (χ2n) is 7.37.